The first-order valence-electron chi connectivity index (χ1n) is 14.0. The molecule has 4 rings (SSSR count). The average Bonchev–Trinajstić information content (AvgIpc) is 3.54. The molecule has 0 bridgehead atoms. The van der Waals surface area contributed by atoms with Crippen molar-refractivity contribution in [2.24, 2.45) is 20.4 Å². The van der Waals surface area contributed by atoms with E-state index in [4.69, 9.17) is 18.9 Å². The molecule has 4 heterocycles. The number of hydrogen-bond donors (Lipinski definition) is 8. The number of carbonyl (C=O) groups is 4. The van der Waals surface area contributed by atoms with E-state index in [-0.39, 0.29) is 13.2 Å². The van der Waals surface area contributed by atoms with Gasteiger partial charge in [-0.05, 0) is 13.8 Å². The Balaban J connectivity index is 1.66. The number of nitrogens with zero attached hydrogens (tertiary/aromatic N) is 6. The van der Waals surface area contributed by atoms with Crippen molar-refractivity contribution in [2.45, 2.75) is 87.2 Å². The minimum Gasteiger partial charge on any atom is -0.461 e. The highest BCUT2D eigenvalue weighted by Gasteiger charge is 2.54. The van der Waals surface area contributed by atoms with Crippen LogP contribution in [0.1, 0.15) is 13.8 Å². The van der Waals surface area contributed by atoms with Crippen molar-refractivity contribution >= 4 is 35.2 Å². The molecule has 8 N–H and O–H groups in total. The Hall–Kier alpha value is -3.58. The molecule has 0 spiro atoms. The molecule has 0 aliphatic carbocycles. The Morgan fingerprint density at radius 1 is 0.674 bits per heavy atom. The van der Waals surface area contributed by atoms with Gasteiger partial charge >= 0.3 is 11.9 Å². The molecular weight excluding hydrogens is 628 g/mol. The third-order valence-corrected chi connectivity index (χ3v) is 7.35. The van der Waals surface area contributed by atoms with Crippen molar-refractivity contribution in [3.63, 3.8) is 0 Å². The molecule has 256 valence electrons. The van der Waals surface area contributed by atoms with E-state index in [1.807, 2.05) is 0 Å². The third kappa shape index (κ3) is 6.35. The highest BCUT2D eigenvalue weighted by molar-refractivity contribution is 6.45. The van der Waals surface area contributed by atoms with E-state index < -0.39 is 122 Å². The highest BCUT2D eigenvalue weighted by Crippen LogP contribution is 2.30. The Morgan fingerprint density at radius 3 is 1.33 bits per heavy atom. The smallest absolute Gasteiger partial charge is 0.357 e. The lowest BCUT2D eigenvalue weighted by atomic mass is 9.98. The van der Waals surface area contributed by atoms with Gasteiger partial charge in [0.2, 0.25) is 12.1 Å². The molecule has 0 aromatic heterocycles. The summed E-state index contributed by atoms with van der Waals surface area (Å²) < 4.78 is 20.5. The van der Waals surface area contributed by atoms with Crippen molar-refractivity contribution in [3.05, 3.63) is 0 Å². The van der Waals surface area contributed by atoms with E-state index in [0.717, 1.165) is 0 Å². The van der Waals surface area contributed by atoms with Crippen molar-refractivity contribution < 1.29 is 79.0 Å². The minimum absolute atomic E-state index is 0.190. The molecule has 0 aromatic rings. The van der Waals surface area contributed by atoms with E-state index in [1.54, 1.807) is 0 Å². The van der Waals surface area contributed by atoms with Gasteiger partial charge in [0.15, 0.2) is 23.9 Å². The second-order valence-electron chi connectivity index (χ2n) is 10.3. The summed E-state index contributed by atoms with van der Waals surface area (Å²) in [5.41, 5.74) is -1.45. The van der Waals surface area contributed by atoms with Gasteiger partial charge < -0.3 is 59.8 Å². The van der Waals surface area contributed by atoms with Crippen LogP contribution in [0.2, 0.25) is 0 Å². The fourth-order valence-electron chi connectivity index (χ4n) is 4.91. The fourth-order valence-corrected chi connectivity index (χ4v) is 4.91. The number of esters is 2. The van der Waals surface area contributed by atoms with Gasteiger partial charge in [0, 0.05) is 0 Å². The van der Waals surface area contributed by atoms with Crippen molar-refractivity contribution in [1.29, 1.82) is 0 Å². The molecule has 0 aromatic carbocycles. The van der Waals surface area contributed by atoms with E-state index in [2.05, 4.69) is 20.4 Å². The lowest BCUT2D eigenvalue weighted by Gasteiger charge is -2.41. The van der Waals surface area contributed by atoms with Gasteiger partial charge in [-0.15, -0.1) is 0 Å². The minimum atomic E-state index is -1.99. The lowest BCUT2D eigenvalue weighted by Crippen LogP contribution is -2.63. The second kappa shape index (κ2) is 14.5. The predicted molar refractivity (Wildman–Crippen MR) is 142 cm³/mol. The molecule has 4 unspecified atom stereocenters. The van der Waals surface area contributed by atoms with Gasteiger partial charge in [-0.25, -0.2) is 9.59 Å². The highest BCUT2D eigenvalue weighted by atomic mass is 16.6. The van der Waals surface area contributed by atoms with Crippen LogP contribution in [-0.4, -0.2) is 186 Å². The van der Waals surface area contributed by atoms with Crippen molar-refractivity contribution in [3.8, 4) is 0 Å². The number of azo groups is 1. The topological polar surface area (TPSA) is 323 Å². The van der Waals surface area contributed by atoms with E-state index >= 15 is 0 Å². The van der Waals surface area contributed by atoms with Crippen LogP contribution < -0.4 is 0 Å². The summed E-state index contributed by atoms with van der Waals surface area (Å²) in [5.74, 6) is -4.79. The molecular formula is C24H34N6O16. The first-order chi connectivity index (χ1) is 21.8. The van der Waals surface area contributed by atoms with Gasteiger partial charge in [0.25, 0.3) is 11.8 Å². The van der Waals surface area contributed by atoms with Crippen LogP contribution in [0.5, 0.6) is 0 Å². The predicted octanol–water partition coefficient (Wildman–Crippen LogP) is -6.70. The normalized spacial score (nSPS) is 38.3. The number of carbonyl (C=O) groups excluding carboxylic acids is 4. The number of hydrazone groups is 2. The van der Waals surface area contributed by atoms with Gasteiger partial charge in [0.1, 0.15) is 48.8 Å². The molecule has 2 fully saturated rings. The monoisotopic (exact) mass is 662 g/mol. The maximum atomic E-state index is 13.5. The van der Waals surface area contributed by atoms with Gasteiger partial charge in [-0.3, -0.25) is 9.59 Å². The Labute approximate surface area is 258 Å². The molecule has 4 aliphatic rings. The Morgan fingerprint density at radius 2 is 1.02 bits per heavy atom. The summed E-state index contributed by atoms with van der Waals surface area (Å²) in [6.07, 6.45) is -18.0. The number of rotatable bonds is 10. The number of aliphatic hydroxyl groups is 8. The van der Waals surface area contributed by atoms with Crippen molar-refractivity contribution in [2.75, 3.05) is 26.4 Å². The Bertz CT molecular complexity index is 1180. The quantitative estimate of drug-likeness (QED) is 0.0796. The number of aliphatic hydroxyl groups excluding tert-OH is 8. The zero-order chi connectivity index (χ0) is 34.0. The fraction of sp³-hybridized carbons (Fsp3) is 0.750. The molecule has 12 atom stereocenters. The SMILES string of the molecule is CCOC(=O)C1=NN(C2O[C@H](CO)[C@@H](O)[C@H](O)[C@H]2O)C(=O)C1N=NC1C(=O)N(C2O[C@H](CO)[C@@H](O)[C@H](O)[C@H]2O)N=C1C(=O)OCC. The molecule has 46 heavy (non-hydrogen) atoms. The third-order valence-electron chi connectivity index (χ3n) is 7.35. The average molecular weight is 663 g/mol. The first kappa shape index (κ1) is 35.3. The molecule has 2 saturated heterocycles. The summed E-state index contributed by atoms with van der Waals surface area (Å²) in [4.78, 5) is 52.4. The molecule has 0 saturated carbocycles. The van der Waals surface area contributed by atoms with Gasteiger partial charge in [-0.2, -0.15) is 30.4 Å². The maximum absolute atomic E-state index is 13.5. The number of amides is 2. The lowest BCUT2D eigenvalue weighted by molar-refractivity contribution is -0.261. The zero-order valence-corrected chi connectivity index (χ0v) is 24.3. The summed E-state index contributed by atoms with van der Waals surface area (Å²) in [5, 5.41) is 96.5. The number of hydrogen-bond acceptors (Lipinski definition) is 20. The van der Waals surface area contributed by atoms with Crippen LogP contribution >= 0.6 is 0 Å². The molecule has 4 aliphatic heterocycles. The maximum Gasteiger partial charge on any atom is 0.357 e. The van der Waals surface area contributed by atoms with Crippen LogP contribution in [0.4, 0.5) is 0 Å². The summed E-state index contributed by atoms with van der Waals surface area (Å²) >= 11 is 0. The zero-order valence-electron chi connectivity index (χ0n) is 24.3. The van der Waals surface area contributed by atoms with Crippen LogP contribution in [0.25, 0.3) is 0 Å². The van der Waals surface area contributed by atoms with Crippen LogP contribution in [-0.2, 0) is 38.1 Å². The molecule has 2 amide bonds. The summed E-state index contributed by atoms with van der Waals surface area (Å²) in [6, 6.07) is -3.96. The van der Waals surface area contributed by atoms with Gasteiger partial charge in [-0.1, -0.05) is 0 Å². The van der Waals surface area contributed by atoms with Crippen LogP contribution in [0, 0.1) is 0 Å². The van der Waals surface area contributed by atoms with E-state index in [0.29, 0.717) is 10.0 Å². The van der Waals surface area contributed by atoms with E-state index in [1.165, 1.54) is 13.8 Å². The summed E-state index contributed by atoms with van der Waals surface area (Å²) in [7, 11) is 0. The first-order valence-corrected chi connectivity index (χ1v) is 14.0. The standard InChI is InChI=1S/C24H34N6O16/c1-3-43-23(41)11-9(19(39)29(27-11)21-17(37)15(35)13(33)7(5-31)45-21)25-26-10-12(24(42)44-4-2)28-30(20(10)40)22-18(38)16(36)14(34)8(6-32)46-22/h7-10,13-18,21-22,31-38H,3-6H2,1-2H3/t7-,8-,9?,10?,13-,14-,15+,16+,17-,18-,21?,22?/m1/s1. The largest absolute Gasteiger partial charge is 0.461 e. The van der Waals surface area contributed by atoms with E-state index in [9.17, 15) is 60.0 Å². The molecule has 0 radical (unpaired) electrons. The summed E-state index contributed by atoms with van der Waals surface area (Å²) in [6.45, 7) is 0.815. The second-order valence-corrected chi connectivity index (χ2v) is 10.3. The molecule has 22 nitrogen and oxygen atoms in total. The van der Waals surface area contributed by atoms with Gasteiger partial charge in [0.05, 0.1) is 26.4 Å². The number of ether oxygens (including phenoxy) is 4. The van der Waals surface area contributed by atoms with Crippen LogP contribution in [0.3, 0.4) is 0 Å². The molecule has 22 heteroatoms. The Kier molecular flexibility index (Phi) is 11.1. The van der Waals surface area contributed by atoms with Crippen LogP contribution in [0.15, 0.2) is 20.4 Å². The van der Waals surface area contributed by atoms with Crippen molar-refractivity contribution in [1.82, 2.24) is 10.0 Å².